The minimum atomic E-state index is -0.587. The quantitative estimate of drug-likeness (QED) is 0.191. The average molecular weight is 653 g/mol. The highest BCUT2D eigenvalue weighted by molar-refractivity contribution is 6.10. The van der Waals surface area contributed by atoms with Gasteiger partial charge >= 0.3 is 0 Å². The van der Waals surface area contributed by atoms with Crippen molar-refractivity contribution >= 4 is 21.8 Å². The lowest BCUT2D eigenvalue weighted by atomic mass is 9.66. The number of nitrogens with zero attached hydrogens (tertiary/aromatic N) is 4. The van der Waals surface area contributed by atoms with Gasteiger partial charge in [0, 0.05) is 33.0 Å². The van der Waals surface area contributed by atoms with Crippen molar-refractivity contribution < 1.29 is 4.74 Å². The lowest BCUT2D eigenvalue weighted by Gasteiger charge is -2.39. The van der Waals surface area contributed by atoms with E-state index in [1.807, 2.05) is 60.7 Å². The van der Waals surface area contributed by atoms with E-state index in [1.165, 1.54) is 22.3 Å². The number of para-hydroxylation sites is 2. The maximum atomic E-state index is 6.87. The summed E-state index contributed by atoms with van der Waals surface area (Å²) in [5, 5.41) is 2.17. The minimum absolute atomic E-state index is 0.562. The van der Waals surface area contributed by atoms with Crippen molar-refractivity contribution in [3.05, 3.63) is 192 Å². The molecule has 0 saturated heterocycles. The zero-order valence-electron chi connectivity index (χ0n) is 27.4. The third-order valence-electron chi connectivity index (χ3n) is 10.5. The molecule has 3 heterocycles. The van der Waals surface area contributed by atoms with Crippen LogP contribution in [0.3, 0.4) is 0 Å². The van der Waals surface area contributed by atoms with Crippen LogP contribution >= 0.6 is 0 Å². The number of ether oxygens (including phenoxy) is 1. The van der Waals surface area contributed by atoms with Gasteiger partial charge in [0.1, 0.15) is 11.5 Å². The van der Waals surface area contributed by atoms with Crippen LogP contribution in [0.4, 0.5) is 0 Å². The fourth-order valence-corrected chi connectivity index (χ4v) is 8.43. The van der Waals surface area contributed by atoms with Crippen LogP contribution in [0, 0.1) is 0 Å². The Morgan fingerprint density at radius 3 is 1.63 bits per heavy atom. The first-order valence-corrected chi connectivity index (χ1v) is 17.2. The van der Waals surface area contributed by atoms with Crippen molar-refractivity contribution in [2.75, 3.05) is 0 Å². The molecule has 0 saturated carbocycles. The fourth-order valence-electron chi connectivity index (χ4n) is 8.43. The molecule has 238 valence electrons. The van der Waals surface area contributed by atoms with E-state index in [4.69, 9.17) is 19.7 Å². The largest absolute Gasteiger partial charge is 0.457 e. The molecule has 2 aliphatic rings. The number of aromatic nitrogens is 4. The summed E-state index contributed by atoms with van der Waals surface area (Å²) in [7, 11) is 0. The van der Waals surface area contributed by atoms with Gasteiger partial charge in [0.2, 0.25) is 5.95 Å². The molecule has 5 heteroatoms. The Morgan fingerprint density at radius 1 is 0.412 bits per heavy atom. The van der Waals surface area contributed by atoms with E-state index >= 15 is 0 Å². The van der Waals surface area contributed by atoms with Gasteiger partial charge in [-0.2, -0.15) is 9.97 Å². The molecule has 5 nitrogen and oxygen atoms in total. The van der Waals surface area contributed by atoms with Gasteiger partial charge in [0.25, 0.3) is 0 Å². The molecule has 0 amide bonds. The van der Waals surface area contributed by atoms with E-state index in [9.17, 15) is 0 Å². The van der Waals surface area contributed by atoms with E-state index in [1.54, 1.807) is 0 Å². The first-order chi connectivity index (χ1) is 25.3. The number of hydrogen-bond donors (Lipinski definition) is 0. The molecule has 0 unspecified atom stereocenters. The van der Waals surface area contributed by atoms with Crippen LogP contribution in [0.5, 0.6) is 11.5 Å². The average Bonchev–Trinajstić information content (AvgIpc) is 3.68. The summed E-state index contributed by atoms with van der Waals surface area (Å²) in [6, 6.07) is 59.4. The summed E-state index contributed by atoms with van der Waals surface area (Å²) >= 11 is 0. The van der Waals surface area contributed by atoms with Gasteiger partial charge in [0.05, 0.1) is 16.4 Å². The van der Waals surface area contributed by atoms with E-state index in [0.29, 0.717) is 17.6 Å². The van der Waals surface area contributed by atoms with Gasteiger partial charge in [-0.25, -0.2) is 4.98 Å². The first-order valence-electron chi connectivity index (χ1n) is 17.2. The third-order valence-corrected chi connectivity index (χ3v) is 10.5. The molecule has 0 fully saturated rings. The summed E-state index contributed by atoms with van der Waals surface area (Å²) in [5.41, 5.74) is 10.5. The molecule has 1 aliphatic carbocycles. The Hall–Kier alpha value is -6.85. The Kier molecular flexibility index (Phi) is 5.81. The molecule has 11 rings (SSSR count). The Balaban J connectivity index is 1.27. The molecule has 51 heavy (non-hydrogen) atoms. The topological polar surface area (TPSA) is 52.8 Å². The minimum Gasteiger partial charge on any atom is -0.457 e. The number of benzene rings is 7. The molecule has 0 radical (unpaired) electrons. The van der Waals surface area contributed by atoms with Crippen molar-refractivity contribution in [1.82, 2.24) is 19.5 Å². The van der Waals surface area contributed by atoms with Crippen LogP contribution in [-0.4, -0.2) is 19.5 Å². The van der Waals surface area contributed by atoms with E-state index in [2.05, 4.69) is 114 Å². The van der Waals surface area contributed by atoms with Crippen molar-refractivity contribution in [1.29, 1.82) is 0 Å². The summed E-state index contributed by atoms with van der Waals surface area (Å²) < 4.78 is 9.07. The molecular weight excluding hydrogens is 625 g/mol. The molecule has 1 spiro atoms. The van der Waals surface area contributed by atoms with Crippen LogP contribution in [-0.2, 0) is 5.41 Å². The van der Waals surface area contributed by atoms with Crippen LogP contribution in [0.15, 0.2) is 170 Å². The lowest BCUT2D eigenvalue weighted by molar-refractivity contribution is 0.437. The monoisotopic (exact) mass is 652 g/mol. The normalized spacial score (nSPS) is 13.4. The van der Waals surface area contributed by atoms with Crippen LogP contribution in [0.1, 0.15) is 22.3 Å². The second-order valence-corrected chi connectivity index (χ2v) is 13.2. The van der Waals surface area contributed by atoms with Gasteiger partial charge < -0.3 is 4.74 Å². The molecular formula is C46H28N4O. The molecule has 0 bridgehead atoms. The predicted octanol–water partition coefficient (Wildman–Crippen LogP) is 10.8. The molecule has 0 N–H and O–H groups in total. The summed E-state index contributed by atoms with van der Waals surface area (Å²) in [5.74, 6) is 3.52. The standard InChI is InChI=1S/C46H28N4O/c1-3-15-29(16-4-1)43-47-44(30-17-5-2-6-18-30)49-45(48-43)50-39-25-13-9-21-33(39)34-27-42-38(28-40(34)50)46(37-24-12-14-26-41(37)51-42)35-22-10-7-19-31(35)32-20-8-11-23-36(32)46/h1-28H. The highest BCUT2D eigenvalue weighted by atomic mass is 16.5. The Morgan fingerprint density at radius 2 is 0.961 bits per heavy atom. The number of rotatable bonds is 3. The van der Waals surface area contributed by atoms with Crippen molar-refractivity contribution in [2.24, 2.45) is 0 Å². The number of fused-ring (bicyclic) bond motifs is 12. The van der Waals surface area contributed by atoms with Crippen molar-refractivity contribution in [3.63, 3.8) is 0 Å². The zero-order chi connectivity index (χ0) is 33.5. The van der Waals surface area contributed by atoms with Gasteiger partial charge in [-0.3, -0.25) is 4.57 Å². The summed E-state index contributed by atoms with van der Waals surface area (Å²) in [6.45, 7) is 0. The van der Waals surface area contributed by atoms with Gasteiger partial charge in [-0.15, -0.1) is 0 Å². The molecule has 0 atom stereocenters. The van der Waals surface area contributed by atoms with Crippen LogP contribution in [0.2, 0.25) is 0 Å². The van der Waals surface area contributed by atoms with Gasteiger partial charge in [-0.05, 0) is 46.5 Å². The molecule has 9 aromatic rings. The first kappa shape index (κ1) is 28.0. The van der Waals surface area contributed by atoms with Gasteiger partial charge in [0.15, 0.2) is 11.6 Å². The van der Waals surface area contributed by atoms with Crippen molar-refractivity contribution in [2.45, 2.75) is 5.41 Å². The van der Waals surface area contributed by atoms with E-state index in [-0.39, 0.29) is 0 Å². The summed E-state index contributed by atoms with van der Waals surface area (Å²) in [4.78, 5) is 15.4. The van der Waals surface area contributed by atoms with E-state index in [0.717, 1.165) is 55.6 Å². The fraction of sp³-hybridized carbons (Fsp3) is 0.0217. The third kappa shape index (κ3) is 3.88. The molecule has 1 aliphatic heterocycles. The zero-order valence-corrected chi connectivity index (χ0v) is 27.4. The highest BCUT2D eigenvalue weighted by Gasteiger charge is 2.51. The lowest BCUT2D eigenvalue weighted by Crippen LogP contribution is -2.32. The van der Waals surface area contributed by atoms with Crippen LogP contribution in [0.25, 0.3) is 61.7 Å². The smallest absolute Gasteiger partial charge is 0.238 e. The number of hydrogen-bond acceptors (Lipinski definition) is 4. The van der Waals surface area contributed by atoms with Crippen molar-refractivity contribution in [3.8, 4) is 51.3 Å². The van der Waals surface area contributed by atoms with Crippen LogP contribution < -0.4 is 4.74 Å². The second-order valence-electron chi connectivity index (χ2n) is 13.2. The Bertz CT molecular complexity index is 2740. The highest BCUT2D eigenvalue weighted by Crippen LogP contribution is 2.62. The predicted molar refractivity (Wildman–Crippen MR) is 202 cm³/mol. The Labute approximate surface area is 294 Å². The molecule has 7 aromatic carbocycles. The SMILES string of the molecule is c1ccc(-c2nc(-c3ccccc3)nc(-n3c4ccccc4c4cc5c(cc43)C3(c4ccccc4O5)c4ccccc4-c4ccccc43)n2)cc1. The maximum Gasteiger partial charge on any atom is 0.238 e. The maximum absolute atomic E-state index is 6.87. The second kappa shape index (κ2) is 10.6. The van der Waals surface area contributed by atoms with E-state index < -0.39 is 5.41 Å². The van der Waals surface area contributed by atoms with Gasteiger partial charge in [-0.1, -0.05) is 146 Å². The molecule has 2 aromatic heterocycles. The summed E-state index contributed by atoms with van der Waals surface area (Å²) in [6.07, 6.45) is 0.